The Morgan fingerprint density at radius 1 is 1.08 bits per heavy atom. The largest absolute Gasteiger partial charge is 0.357 e. The topological polar surface area (TPSA) is 74.0 Å². The van der Waals surface area contributed by atoms with Crippen molar-refractivity contribution in [3.8, 4) is 0 Å². The van der Waals surface area contributed by atoms with Gasteiger partial charge < -0.3 is 15.6 Å². The van der Waals surface area contributed by atoms with Gasteiger partial charge in [-0.3, -0.25) is 9.59 Å². The molecule has 0 aliphatic heterocycles. The Bertz CT molecular complexity index is 1000. The normalized spacial score (nSPS) is 12.0. The van der Waals surface area contributed by atoms with E-state index in [2.05, 4.69) is 31.5 Å². The van der Waals surface area contributed by atoms with Gasteiger partial charge in [0.15, 0.2) is 11.6 Å². The number of amides is 2. The molecule has 0 saturated carbocycles. The van der Waals surface area contributed by atoms with Crippen molar-refractivity contribution in [2.75, 3.05) is 7.05 Å². The second kappa shape index (κ2) is 7.25. The molecule has 2 amide bonds. The fraction of sp³-hybridized carbons (Fsp3) is 0.111. The van der Waals surface area contributed by atoms with Gasteiger partial charge in [0.25, 0.3) is 5.91 Å². The summed E-state index contributed by atoms with van der Waals surface area (Å²) in [6.07, 6.45) is 0. The molecule has 0 saturated heterocycles. The van der Waals surface area contributed by atoms with Gasteiger partial charge in [-0.2, -0.15) is 0 Å². The lowest BCUT2D eigenvalue weighted by Gasteiger charge is -2.17. The maximum absolute atomic E-state index is 13.5. The molecule has 1 atom stereocenters. The van der Waals surface area contributed by atoms with E-state index in [1.54, 1.807) is 6.07 Å². The first-order chi connectivity index (χ1) is 12.4. The number of hydrogen-bond acceptors (Lipinski definition) is 2. The number of likely N-dealkylation sites (N-methyl/N-ethyl adjacent to an activating group) is 1. The van der Waals surface area contributed by atoms with E-state index < -0.39 is 29.5 Å². The van der Waals surface area contributed by atoms with Crippen LogP contribution in [0.3, 0.4) is 0 Å². The molecular weight excluding hydrogens is 408 g/mol. The zero-order valence-electron chi connectivity index (χ0n) is 13.6. The van der Waals surface area contributed by atoms with Gasteiger partial charge in [-0.1, -0.05) is 28.1 Å². The predicted octanol–water partition coefficient (Wildman–Crippen LogP) is 3.43. The molecule has 3 N–H and O–H groups in total. The lowest BCUT2D eigenvalue weighted by atomic mass is 10.1. The van der Waals surface area contributed by atoms with E-state index in [0.29, 0.717) is 0 Å². The van der Waals surface area contributed by atoms with Crippen LogP contribution in [0.1, 0.15) is 22.1 Å². The van der Waals surface area contributed by atoms with Crippen LogP contribution < -0.4 is 10.6 Å². The van der Waals surface area contributed by atoms with Crippen LogP contribution in [0, 0.1) is 11.6 Å². The van der Waals surface area contributed by atoms with Crippen LogP contribution in [0.5, 0.6) is 0 Å². The SMILES string of the molecule is CNC(=O)C(NC(=O)c1cc2ccc(Br)cc2[nH]1)c1ccc(F)c(F)c1. The first-order valence-electron chi connectivity index (χ1n) is 7.64. The van der Waals surface area contributed by atoms with E-state index in [0.717, 1.165) is 27.5 Å². The van der Waals surface area contributed by atoms with Crippen LogP contribution in [0.15, 0.2) is 46.9 Å². The number of nitrogens with one attached hydrogen (secondary N) is 3. The molecule has 1 aromatic heterocycles. The number of H-pyrrole nitrogens is 1. The summed E-state index contributed by atoms with van der Waals surface area (Å²) < 4.78 is 27.5. The van der Waals surface area contributed by atoms with Crippen molar-refractivity contribution < 1.29 is 18.4 Å². The summed E-state index contributed by atoms with van der Waals surface area (Å²) in [5, 5.41) is 5.76. The van der Waals surface area contributed by atoms with E-state index in [-0.39, 0.29) is 11.3 Å². The highest BCUT2D eigenvalue weighted by Gasteiger charge is 2.24. The number of carbonyl (C=O) groups is 2. The van der Waals surface area contributed by atoms with Gasteiger partial charge in [0.2, 0.25) is 5.91 Å². The fourth-order valence-electron chi connectivity index (χ4n) is 2.57. The average Bonchev–Trinajstić information content (AvgIpc) is 3.04. The van der Waals surface area contributed by atoms with Crippen molar-refractivity contribution in [2.45, 2.75) is 6.04 Å². The maximum atomic E-state index is 13.5. The molecule has 0 bridgehead atoms. The number of aromatic nitrogens is 1. The number of carbonyl (C=O) groups excluding carboxylic acids is 2. The van der Waals surface area contributed by atoms with Gasteiger partial charge in [0, 0.05) is 22.4 Å². The second-order valence-corrected chi connectivity index (χ2v) is 6.52. The minimum atomic E-state index is -1.17. The minimum absolute atomic E-state index is 0.135. The standard InChI is InChI=1S/C18H14BrF2N3O2/c1-22-18(26)16(10-3-5-12(20)13(21)6-10)24-17(25)15-7-9-2-4-11(19)8-14(9)23-15/h2-8,16,23H,1H3,(H,22,26)(H,24,25). The smallest absolute Gasteiger partial charge is 0.268 e. The summed E-state index contributed by atoms with van der Waals surface area (Å²) in [6, 6.07) is 9.01. The summed E-state index contributed by atoms with van der Waals surface area (Å²) >= 11 is 3.35. The van der Waals surface area contributed by atoms with Crippen LogP contribution in [0.25, 0.3) is 10.9 Å². The van der Waals surface area contributed by atoms with E-state index in [4.69, 9.17) is 0 Å². The van der Waals surface area contributed by atoms with E-state index in [1.807, 2.05) is 18.2 Å². The zero-order valence-corrected chi connectivity index (χ0v) is 15.2. The van der Waals surface area contributed by atoms with Crippen molar-refractivity contribution in [3.63, 3.8) is 0 Å². The number of hydrogen-bond donors (Lipinski definition) is 3. The molecule has 0 fully saturated rings. The number of benzene rings is 2. The highest BCUT2D eigenvalue weighted by molar-refractivity contribution is 9.10. The molecule has 1 heterocycles. The molecule has 0 aliphatic carbocycles. The number of halogens is 3. The monoisotopic (exact) mass is 421 g/mol. The quantitative estimate of drug-likeness (QED) is 0.603. The molecule has 0 aliphatic rings. The summed E-state index contributed by atoms with van der Waals surface area (Å²) in [7, 11) is 1.39. The summed E-state index contributed by atoms with van der Waals surface area (Å²) in [5.74, 6) is -3.23. The van der Waals surface area contributed by atoms with Crippen LogP contribution in [0.4, 0.5) is 8.78 Å². The Morgan fingerprint density at radius 2 is 1.85 bits per heavy atom. The van der Waals surface area contributed by atoms with Crippen LogP contribution in [0.2, 0.25) is 0 Å². The molecule has 26 heavy (non-hydrogen) atoms. The van der Waals surface area contributed by atoms with Crippen molar-refractivity contribution in [2.24, 2.45) is 0 Å². The van der Waals surface area contributed by atoms with Gasteiger partial charge in [0.05, 0.1) is 0 Å². The number of aromatic amines is 1. The van der Waals surface area contributed by atoms with Crippen LogP contribution in [-0.4, -0.2) is 23.8 Å². The molecule has 8 heteroatoms. The molecular formula is C18H14BrF2N3O2. The summed E-state index contributed by atoms with van der Waals surface area (Å²) in [4.78, 5) is 27.6. The van der Waals surface area contributed by atoms with Crippen molar-refractivity contribution in [1.29, 1.82) is 0 Å². The zero-order chi connectivity index (χ0) is 18.8. The Balaban J connectivity index is 1.91. The average molecular weight is 422 g/mol. The van der Waals surface area contributed by atoms with Gasteiger partial charge in [-0.25, -0.2) is 8.78 Å². The van der Waals surface area contributed by atoms with Crippen molar-refractivity contribution in [3.05, 3.63) is 69.8 Å². The number of rotatable bonds is 4. The fourth-order valence-corrected chi connectivity index (χ4v) is 2.93. The molecule has 134 valence electrons. The van der Waals surface area contributed by atoms with E-state index in [9.17, 15) is 18.4 Å². The third kappa shape index (κ3) is 3.60. The van der Waals surface area contributed by atoms with Crippen LogP contribution >= 0.6 is 15.9 Å². The molecule has 0 spiro atoms. The van der Waals surface area contributed by atoms with Gasteiger partial charge in [-0.05, 0) is 35.9 Å². The Hall–Kier alpha value is -2.74. The summed E-state index contributed by atoms with van der Waals surface area (Å²) in [5.41, 5.74) is 1.12. The third-order valence-corrected chi connectivity index (χ3v) is 4.38. The Kier molecular flexibility index (Phi) is 5.03. The lowest BCUT2D eigenvalue weighted by Crippen LogP contribution is -2.39. The van der Waals surface area contributed by atoms with E-state index >= 15 is 0 Å². The van der Waals surface area contributed by atoms with Gasteiger partial charge in [-0.15, -0.1) is 0 Å². The highest BCUT2D eigenvalue weighted by atomic mass is 79.9. The first-order valence-corrected chi connectivity index (χ1v) is 8.44. The first kappa shape index (κ1) is 18.1. The molecule has 2 aromatic carbocycles. The lowest BCUT2D eigenvalue weighted by molar-refractivity contribution is -0.122. The highest BCUT2D eigenvalue weighted by Crippen LogP contribution is 2.22. The minimum Gasteiger partial charge on any atom is -0.357 e. The number of fused-ring (bicyclic) bond motifs is 1. The van der Waals surface area contributed by atoms with Crippen molar-refractivity contribution in [1.82, 2.24) is 15.6 Å². The van der Waals surface area contributed by atoms with Gasteiger partial charge in [0.1, 0.15) is 11.7 Å². The molecule has 1 unspecified atom stereocenters. The Labute approximate surface area is 155 Å². The molecule has 5 nitrogen and oxygen atoms in total. The third-order valence-electron chi connectivity index (χ3n) is 3.89. The molecule has 0 radical (unpaired) electrons. The maximum Gasteiger partial charge on any atom is 0.268 e. The summed E-state index contributed by atoms with van der Waals surface area (Å²) in [6.45, 7) is 0. The molecule has 3 rings (SSSR count). The predicted molar refractivity (Wildman–Crippen MR) is 96.6 cm³/mol. The Morgan fingerprint density at radius 3 is 2.54 bits per heavy atom. The second-order valence-electron chi connectivity index (χ2n) is 5.61. The molecule has 3 aromatic rings. The van der Waals surface area contributed by atoms with Gasteiger partial charge >= 0.3 is 0 Å². The van der Waals surface area contributed by atoms with E-state index in [1.165, 1.54) is 13.1 Å². The van der Waals surface area contributed by atoms with Crippen molar-refractivity contribution >= 4 is 38.6 Å². The van der Waals surface area contributed by atoms with Crippen LogP contribution in [-0.2, 0) is 4.79 Å².